The number of carbonyl (C=O) groups excluding carboxylic acids is 1. The topological polar surface area (TPSA) is 56.7 Å². The first-order valence-corrected chi connectivity index (χ1v) is 7.18. The molecule has 1 amide bonds. The van der Waals surface area contributed by atoms with Crippen molar-refractivity contribution >= 4 is 11.7 Å². The molecule has 1 N–H and O–H groups in total. The van der Waals surface area contributed by atoms with Crippen LogP contribution in [0.25, 0.3) is 0 Å². The van der Waals surface area contributed by atoms with Crippen LogP contribution in [-0.4, -0.2) is 54.2 Å². The van der Waals surface area contributed by atoms with Crippen molar-refractivity contribution in [2.75, 3.05) is 32.1 Å². The molecular formula is C15H23N3O2. The number of hydrogen-bond acceptors (Lipinski definition) is 4. The summed E-state index contributed by atoms with van der Waals surface area (Å²) in [5.41, 5.74) is 0.675. The molecular weight excluding hydrogens is 254 g/mol. The Morgan fingerprint density at radius 1 is 1.50 bits per heavy atom. The summed E-state index contributed by atoms with van der Waals surface area (Å²) in [6, 6.07) is 3.75. The number of pyridine rings is 1. The predicted molar refractivity (Wildman–Crippen MR) is 78.9 cm³/mol. The van der Waals surface area contributed by atoms with Gasteiger partial charge in [0.15, 0.2) is 0 Å². The molecule has 0 radical (unpaired) electrons. The number of nitrogens with zero attached hydrogens (tertiary/aromatic N) is 3. The minimum atomic E-state index is 0.0497. The quantitative estimate of drug-likeness (QED) is 0.906. The third-order valence-electron chi connectivity index (χ3n) is 3.80. The van der Waals surface area contributed by atoms with Gasteiger partial charge in [-0.25, -0.2) is 4.98 Å². The molecule has 110 valence electrons. The molecule has 5 nitrogen and oxygen atoms in total. The lowest BCUT2D eigenvalue weighted by atomic mass is 9.98. The van der Waals surface area contributed by atoms with Crippen LogP contribution in [0.15, 0.2) is 18.3 Å². The molecule has 1 saturated heterocycles. The van der Waals surface area contributed by atoms with Crippen molar-refractivity contribution in [1.29, 1.82) is 0 Å². The SMILES string of the molecule is CN(C)c1cc(C(=O)N2CCCCC2CCO)ccn1. The maximum Gasteiger partial charge on any atom is 0.254 e. The minimum Gasteiger partial charge on any atom is -0.396 e. The highest BCUT2D eigenvalue weighted by molar-refractivity contribution is 5.95. The second kappa shape index (κ2) is 6.70. The van der Waals surface area contributed by atoms with Crippen LogP contribution in [0.1, 0.15) is 36.0 Å². The molecule has 1 atom stereocenters. The van der Waals surface area contributed by atoms with E-state index in [2.05, 4.69) is 4.98 Å². The van der Waals surface area contributed by atoms with E-state index in [1.165, 1.54) is 0 Å². The average Bonchev–Trinajstić information content (AvgIpc) is 2.47. The predicted octanol–water partition coefficient (Wildman–Crippen LogP) is 1.52. The Bertz CT molecular complexity index is 460. The maximum absolute atomic E-state index is 12.7. The molecule has 1 unspecified atom stereocenters. The summed E-state index contributed by atoms with van der Waals surface area (Å²) in [6.07, 6.45) is 5.50. The van der Waals surface area contributed by atoms with E-state index in [1.54, 1.807) is 12.3 Å². The van der Waals surface area contributed by atoms with Crippen LogP contribution in [0.3, 0.4) is 0 Å². The van der Waals surface area contributed by atoms with Gasteiger partial charge in [-0.15, -0.1) is 0 Å². The van der Waals surface area contributed by atoms with Gasteiger partial charge in [0, 0.05) is 45.0 Å². The van der Waals surface area contributed by atoms with Gasteiger partial charge in [-0.1, -0.05) is 0 Å². The summed E-state index contributed by atoms with van der Waals surface area (Å²) in [6.45, 7) is 0.914. The number of aliphatic hydroxyl groups excluding tert-OH is 1. The molecule has 1 fully saturated rings. The van der Waals surface area contributed by atoms with Crippen molar-refractivity contribution < 1.29 is 9.90 Å². The zero-order valence-corrected chi connectivity index (χ0v) is 12.2. The lowest BCUT2D eigenvalue weighted by Gasteiger charge is -2.35. The number of anilines is 1. The molecule has 1 aromatic heterocycles. The molecule has 1 aromatic rings. The summed E-state index contributed by atoms with van der Waals surface area (Å²) in [5.74, 6) is 0.834. The van der Waals surface area contributed by atoms with E-state index in [9.17, 15) is 4.79 Å². The van der Waals surface area contributed by atoms with Crippen molar-refractivity contribution in [2.24, 2.45) is 0 Å². The fraction of sp³-hybridized carbons (Fsp3) is 0.600. The molecule has 5 heteroatoms. The van der Waals surface area contributed by atoms with Gasteiger partial charge < -0.3 is 14.9 Å². The molecule has 20 heavy (non-hydrogen) atoms. The van der Waals surface area contributed by atoms with Gasteiger partial charge in [0.1, 0.15) is 5.82 Å². The highest BCUT2D eigenvalue weighted by Crippen LogP contribution is 2.22. The minimum absolute atomic E-state index is 0.0497. The first-order valence-electron chi connectivity index (χ1n) is 7.18. The van der Waals surface area contributed by atoms with Gasteiger partial charge >= 0.3 is 0 Å². The van der Waals surface area contributed by atoms with Gasteiger partial charge in [0.2, 0.25) is 0 Å². The van der Waals surface area contributed by atoms with E-state index in [0.29, 0.717) is 12.0 Å². The second-order valence-electron chi connectivity index (χ2n) is 5.46. The third kappa shape index (κ3) is 3.28. The first-order chi connectivity index (χ1) is 9.63. The first kappa shape index (κ1) is 14.8. The number of amides is 1. The Kier molecular flexibility index (Phi) is 4.95. The van der Waals surface area contributed by atoms with Gasteiger partial charge in [0.25, 0.3) is 5.91 Å². The Hall–Kier alpha value is -1.62. The van der Waals surface area contributed by atoms with Crippen LogP contribution in [0.5, 0.6) is 0 Å². The van der Waals surface area contributed by atoms with Gasteiger partial charge in [-0.3, -0.25) is 4.79 Å². The molecule has 0 aliphatic carbocycles. The molecule has 1 aliphatic heterocycles. The normalized spacial score (nSPS) is 18.9. The van der Waals surface area contributed by atoms with Gasteiger partial charge in [0.05, 0.1) is 0 Å². The van der Waals surface area contributed by atoms with Crippen LogP contribution in [0.2, 0.25) is 0 Å². The number of carbonyl (C=O) groups is 1. The zero-order valence-electron chi connectivity index (χ0n) is 12.2. The number of aromatic nitrogens is 1. The summed E-state index contributed by atoms with van der Waals surface area (Å²) in [4.78, 5) is 20.7. The van der Waals surface area contributed by atoms with Crippen molar-refractivity contribution in [3.05, 3.63) is 23.9 Å². The van der Waals surface area contributed by atoms with Crippen molar-refractivity contribution in [1.82, 2.24) is 9.88 Å². The van der Waals surface area contributed by atoms with Gasteiger partial charge in [-0.2, -0.15) is 0 Å². The van der Waals surface area contributed by atoms with Crippen molar-refractivity contribution in [2.45, 2.75) is 31.7 Å². The second-order valence-corrected chi connectivity index (χ2v) is 5.46. The zero-order chi connectivity index (χ0) is 14.5. The molecule has 0 saturated carbocycles. The summed E-state index contributed by atoms with van der Waals surface area (Å²) in [5, 5.41) is 9.15. The Balaban J connectivity index is 2.18. The van der Waals surface area contributed by atoms with Crippen LogP contribution < -0.4 is 4.90 Å². The Morgan fingerprint density at radius 3 is 3.00 bits per heavy atom. The number of aliphatic hydroxyl groups is 1. The highest BCUT2D eigenvalue weighted by atomic mass is 16.3. The van der Waals surface area contributed by atoms with E-state index in [1.807, 2.05) is 30.0 Å². The van der Waals surface area contributed by atoms with Crippen LogP contribution in [0, 0.1) is 0 Å². The third-order valence-corrected chi connectivity index (χ3v) is 3.80. The van der Waals surface area contributed by atoms with E-state index in [-0.39, 0.29) is 18.6 Å². The molecule has 0 aromatic carbocycles. The van der Waals surface area contributed by atoms with E-state index < -0.39 is 0 Å². The standard InChI is InChI=1S/C15H23N3O2/c1-17(2)14-11-12(6-8-16-14)15(20)18-9-4-3-5-13(18)7-10-19/h6,8,11,13,19H,3-5,7,9-10H2,1-2H3. The van der Waals surface area contributed by atoms with Crippen molar-refractivity contribution in [3.63, 3.8) is 0 Å². The smallest absolute Gasteiger partial charge is 0.254 e. The average molecular weight is 277 g/mol. The lowest BCUT2D eigenvalue weighted by Crippen LogP contribution is -2.44. The molecule has 0 spiro atoms. The Morgan fingerprint density at radius 2 is 2.30 bits per heavy atom. The van der Waals surface area contributed by atoms with Crippen LogP contribution >= 0.6 is 0 Å². The summed E-state index contributed by atoms with van der Waals surface area (Å²) in [7, 11) is 3.82. The monoisotopic (exact) mass is 277 g/mol. The molecule has 2 rings (SSSR count). The Labute approximate surface area is 120 Å². The van der Waals surface area contributed by atoms with Gasteiger partial charge in [-0.05, 0) is 37.8 Å². The van der Waals surface area contributed by atoms with E-state index >= 15 is 0 Å². The molecule has 2 heterocycles. The van der Waals surface area contributed by atoms with Crippen molar-refractivity contribution in [3.8, 4) is 0 Å². The van der Waals surface area contributed by atoms with E-state index in [4.69, 9.17) is 5.11 Å². The summed E-state index contributed by atoms with van der Waals surface area (Å²) >= 11 is 0. The molecule has 1 aliphatic rings. The number of piperidine rings is 1. The van der Waals surface area contributed by atoms with Crippen LogP contribution in [-0.2, 0) is 0 Å². The number of rotatable bonds is 4. The lowest BCUT2D eigenvalue weighted by molar-refractivity contribution is 0.0574. The maximum atomic E-state index is 12.7. The van der Waals surface area contributed by atoms with E-state index in [0.717, 1.165) is 31.6 Å². The number of likely N-dealkylation sites (tertiary alicyclic amines) is 1. The number of hydrogen-bond donors (Lipinski definition) is 1. The summed E-state index contributed by atoms with van der Waals surface area (Å²) < 4.78 is 0. The molecule has 0 bridgehead atoms. The van der Waals surface area contributed by atoms with Crippen LogP contribution in [0.4, 0.5) is 5.82 Å². The highest BCUT2D eigenvalue weighted by Gasteiger charge is 2.27. The fourth-order valence-corrected chi connectivity index (χ4v) is 2.68. The largest absolute Gasteiger partial charge is 0.396 e. The fourth-order valence-electron chi connectivity index (χ4n) is 2.68.